The Morgan fingerprint density at radius 1 is 1.11 bits per heavy atom. The number of halogens is 1. The van der Waals surface area contributed by atoms with E-state index < -0.39 is 0 Å². The fourth-order valence-corrected chi connectivity index (χ4v) is 2.18. The molecule has 0 aromatic heterocycles. The van der Waals surface area contributed by atoms with E-state index in [1.807, 2.05) is 36.2 Å². The van der Waals surface area contributed by atoms with Crippen LogP contribution in [0.15, 0.2) is 48.5 Å². The number of nitrogens with zero attached hydrogens (tertiary/aromatic N) is 2. The van der Waals surface area contributed by atoms with Gasteiger partial charge in [0, 0.05) is 18.1 Å². The number of rotatable bonds is 3. The molecule has 0 bridgehead atoms. The van der Waals surface area contributed by atoms with Crippen molar-refractivity contribution in [3.05, 3.63) is 59.7 Å². The van der Waals surface area contributed by atoms with Crippen LogP contribution >= 0.6 is 15.9 Å². The summed E-state index contributed by atoms with van der Waals surface area (Å²) in [5.41, 5.74) is 3.92. The van der Waals surface area contributed by atoms with Crippen LogP contribution in [0.2, 0.25) is 0 Å². The lowest BCUT2D eigenvalue weighted by Crippen LogP contribution is -2.10. The maximum absolute atomic E-state index is 9.11. The van der Waals surface area contributed by atoms with Gasteiger partial charge in [0.15, 0.2) is 0 Å². The lowest BCUT2D eigenvalue weighted by molar-refractivity contribution is 1.19. The summed E-state index contributed by atoms with van der Waals surface area (Å²) in [5.74, 6) is 0. The molecule has 0 aliphatic rings. The monoisotopic (exact) mass is 300 g/mol. The fraction of sp³-hybridized carbons (Fsp3) is 0.133. The predicted octanol–water partition coefficient (Wildman–Crippen LogP) is 4.22. The van der Waals surface area contributed by atoms with Crippen molar-refractivity contribution < 1.29 is 0 Å². The Morgan fingerprint density at radius 3 is 2.39 bits per heavy atom. The van der Waals surface area contributed by atoms with Gasteiger partial charge >= 0.3 is 0 Å². The molecule has 0 aliphatic heterocycles. The van der Waals surface area contributed by atoms with E-state index in [-0.39, 0.29) is 0 Å². The first-order valence-corrected chi connectivity index (χ1v) is 6.76. The summed E-state index contributed by atoms with van der Waals surface area (Å²) in [6, 6.07) is 18.1. The van der Waals surface area contributed by atoms with E-state index in [9.17, 15) is 0 Å². The Morgan fingerprint density at radius 2 is 1.78 bits per heavy atom. The standard InChI is InChI=1S/C15H13BrN2/c1-18(14-8-6-12(10-16)7-9-14)15-5-3-2-4-13(15)11-17/h2-9H,10H2,1H3. The van der Waals surface area contributed by atoms with E-state index in [1.54, 1.807) is 0 Å². The zero-order valence-corrected chi connectivity index (χ0v) is 11.7. The van der Waals surface area contributed by atoms with E-state index in [1.165, 1.54) is 5.56 Å². The first-order valence-electron chi connectivity index (χ1n) is 5.64. The van der Waals surface area contributed by atoms with Crippen molar-refractivity contribution in [2.24, 2.45) is 0 Å². The van der Waals surface area contributed by atoms with Gasteiger partial charge in [0.1, 0.15) is 6.07 Å². The van der Waals surface area contributed by atoms with Crippen molar-refractivity contribution in [3.8, 4) is 6.07 Å². The molecule has 3 heteroatoms. The lowest BCUT2D eigenvalue weighted by atomic mass is 10.1. The highest BCUT2D eigenvalue weighted by molar-refractivity contribution is 9.08. The third-order valence-electron chi connectivity index (χ3n) is 2.86. The molecule has 0 heterocycles. The van der Waals surface area contributed by atoms with Crippen LogP contribution in [0.5, 0.6) is 0 Å². The number of nitriles is 1. The van der Waals surface area contributed by atoms with Crippen LogP contribution in [0.4, 0.5) is 11.4 Å². The molecule has 2 aromatic carbocycles. The molecule has 2 aromatic rings. The average Bonchev–Trinajstić information content (AvgIpc) is 2.46. The van der Waals surface area contributed by atoms with E-state index >= 15 is 0 Å². The van der Waals surface area contributed by atoms with Gasteiger partial charge in [-0.25, -0.2) is 0 Å². The first-order chi connectivity index (χ1) is 8.76. The minimum absolute atomic E-state index is 0.685. The van der Waals surface area contributed by atoms with Gasteiger partial charge in [-0.05, 0) is 29.8 Å². The normalized spacial score (nSPS) is 9.83. The molecule has 2 nitrogen and oxygen atoms in total. The topological polar surface area (TPSA) is 27.0 Å². The molecule has 0 atom stereocenters. The highest BCUT2D eigenvalue weighted by Gasteiger charge is 2.08. The molecule has 0 unspecified atom stereocenters. The second kappa shape index (κ2) is 5.70. The first kappa shape index (κ1) is 12.7. The van der Waals surface area contributed by atoms with Crippen molar-refractivity contribution >= 4 is 27.3 Å². The van der Waals surface area contributed by atoms with E-state index in [0.29, 0.717) is 5.56 Å². The molecule has 0 fully saturated rings. The number of anilines is 2. The fourth-order valence-electron chi connectivity index (χ4n) is 1.81. The van der Waals surface area contributed by atoms with Crippen molar-refractivity contribution in [1.82, 2.24) is 0 Å². The molecule has 0 saturated carbocycles. The summed E-state index contributed by atoms with van der Waals surface area (Å²) < 4.78 is 0. The van der Waals surface area contributed by atoms with E-state index in [4.69, 9.17) is 5.26 Å². The summed E-state index contributed by atoms with van der Waals surface area (Å²) >= 11 is 3.43. The molecular formula is C15H13BrN2. The Hall–Kier alpha value is -1.79. The van der Waals surface area contributed by atoms with Crippen LogP contribution in [0.1, 0.15) is 11.1 Å². The van der Waals surface area contributed by atoms with Crippen LogP contribution in [0.3, 0.4) is 0 Å². The minimum atomic E-state index is 0.685. The number of alkyl halides is 1. The van der Waals surface area contributed by atoms with E-state index in [2.05, 4.69) is 46.3 Å². The Labute approximate surface area is 116 Å². The zero-order chi connectivity index (χ0) is 13.0. The largest absolute Gasteiger partial charge is 0.344 e. The third-order valence-corrected chi connectivity index (χ3v) is 3.51. The zero-order valence-electron chi connectivity index (χ0n) is 10.1. The molecule has 0 aliphatic carbocycles. The summed E-state index contributed by atoms with van der Waals surface area (Å²) in [4.78, 5) is 2.02. The maximum atomic E-state index is 9.11. The van der Waals surface area contributed by atoms with Gasteiger partial charge in [0.05, 0.1) is 11.3 Å². The Balaban J connectivity index is 2.35. The summed E-state index contributed by atoms with van der Waals surface area (Å²) in [6.07, 6.45) is 0. The molecule has 18 heavy (non-hydrogen) atoms. The van der Waals surface area contributed by atoms with Crippen LogP contribution < -0.4 is 4.90 Å². The van der Waals surface area contributed by atoms with Gasteiger partial charge in [0.25, 0.3) is 0 Å². The van der Waals surface area contributed by atoms with Crippen LogP contribution in [0, 0.1) is 11.3 Å². The maximum Gasteiger partial charge on any atom is 0.101 e. The molecular weight excluding hydrogens is 288 g/mol. The Bertz CT molecular complexity index is 570. The summed E-state index contributed by atoms with van der Waals surface area (Å²) in [7, 11) is 1.97. The van der Waals surface area contributed by atoms with Crippen LogP contribution in [0.25, 0.3) is 0 Å². The van der Waals surface area contributed by atoms with Gasteiger partial charge in [-0.15, -0.1) is 0 Å². The second-order valence-electron chi connectivity index (χ2n) is 3.99. The molecule has 90 valence electrons. The molecule has 0 N–H and O–H groups in total. The number of para-hydroxylation sites is 1. The smallest absolute Gasteiger partial charge is 0.101 e. The second-order valence-corrected chi connectivity index (χ2v) is 4.55. The van der Waals surface area contributed by atoms with E-state index in [0.717, 1.165) is 16.7 Å². The van der Waals surface area contributed by atoms with Gasteiger partial charge < -0.3 is 4.90 Å². The van der Waals surface area contributed by atoms with Gasteiger partial charge in [-0.3, -0.25) is 0 Å². The summed E-state index contributed by atoms with van der Waals surface area (Å²) in [6.45, 7) is 0. The number of hydrogen-bond donors (Lipinski definition) is 0. The van der Waals surface area contributed by atoms with Crippen LogP contribution in [-0.4, -0.2) is 7.05 Å². The van der Waals surface area contributed by atoms with Gasteiger partial charge in [-0.1, -0.05) is 40.2 Å². The molecule has 0 spiro atoms. The highest BCUT2D eigenvalue weighted by atomic mass is 79.9. The quantitative estimate of drug-likeness (QED) is 0.794. The van der Waals surface area contributed by atoms with Crippen LogP contribution in [-0.2, 0) is 5.33 Å². The van der Waals surface area contributed by atoms with Crippen molar-refractivity contribution in [3.63, 3.8) is 0 Å². The van der Waals surface area contributed by atoms with Gasteiger partial charge in [0.2, 0.25) is 0 Å². The highest BCUT2D eigenvalue weighted by Crippen LogP contribution is 2.26. The molecule has 0 amide bonds. The predicted molar refractivity (Wildman–Crippen MR) is 78.3 cm³/mol. The number of hydrogen-bond acceptors (Lipinski definition) is 2. The van der Waals surface area contributed by atoms with Crippen molar-refractivity contribution in [2.45, 2.75) is 5.33 Å². The SMILES string of the molecule is CN(c1ccc(CBr)cc1)c1ccccc1C#N. The molecule has 0 radical (unpaired) electrons. The minimum Gasteiger partial charge on any atom is -0.344 e. The number of benzene rings is 2. The summed E-state index contributed by atoms with van der Waals surface area (Å²) in [5, 5.41) is 9.97. The third kappa shape index (κ3) is 2.55. The molecule has 2 rings (SSSR count). The van der Waals surface area contributed by atoms with Gasteiger partial charge in [-0.2, -0.15) is 5.26 Å². The van der Waals surface area contributed by atoms with Crippen molar-refractivity contribution in [2.75, 3.05) is 11.9 Å². The van der Waals surface area contributed by atoms with Crippen molar-refractivity contribution in [1.29, 1.82) is 5.26 Å². The lowest BCUT2D eigenvalue weighted by Gasteiger charge is -2.20. The Kier molecular flexibility index (Phi) is 4.01. The average molecular weight is 301 g/mol. The molecule has 0 saturated heterocycles.